The van der Waals surface area contributed by atoms with Crippen molar-refractivity contribution in [1.29, 1.82) is 0 Å². The van der Waals surface area contributed by atoms with E-state index in [0.717, 1.165) is 5.69 Å². The van der Waals surface area contributed by atoms with E-state index in [0.29, 0.717) is 10.2 Å². The second kappa shape index (κ2) is 5.75. The highest BCUT2D eigenvalue weighted by atomic mass is 79.9. The van der Waals surface area contributed by atoms with Gasteiger partial charge in [-0.2, -0.15) is 0 Å². The van der Waals surface area contributed by atoms with Crippen molar-refractivity contribution in [3.63, 3.8) is 0 Å². The van der Waals surface area contributed by atoms with Crippen molar-refractivity contribution in [3.8, 4) is 0 Å². The molecule has 0 radical (unpaired) electrons. The molecule has 6 nitrogen and oxygen atoms in total. The summed E-state index contributed by atoms with van der Waals surface area (Å²) >= 11 is 3.15. The lowest BCUT2D eigenvalue weighted by Crippen LogP contribution is -2.08. The van der Waals surface area contributed by atoms with Crippen LogP contribution in [-0.4, -0.2) is 14.9 Å². The molecule has 7 heteroatoms. The maximum Gasteiger partial charge on any atom is 0.285 e. The van der Waals surface area contributed by atoms with E-state index >= 15 is 0 Å². The van der Waals surface area contributed by atoms with Gasteiger partial charge in [0, 0.05) is 24.1 Å². The van der Waals surface area contributed by atoms with Crippen LogP contribution in [0.3, 0.4) is 0 Å². The number of halogens is 1. The standard InChI is InChI=1S/C12H11BrN4O2/c1-8(11-7-14-4-5-15-11)16-9-2-3-10(13)12(6-9)17(18)19/h2-8,16H,1H3. The summed E-state index contributed by atoms with van der Waals surface area (Å²) in [4.78, 5) is 18.6. The molecule has 0 spiro atoms. The highest BCUT2D eigenvalue weighted by Crippen LogP contribution is 2.29. The maximum atomic E-state index is 10.9. The van der Waals surface area contributed by atoms with Crippen LogP contribution in [0, 0.1) is 10.1 Å². The summed E-state index contributed by atoms with van der Waals surface area (Å²) in [5.41, 5.74) is 1.46. The lowest BCUT2D eigenvalue weighted by atomic mass is 10.2. The van der Waals surface area contributed by atoms with Crippen molar-refractivity contribution < 1.29 is 4.92 Å². The fourth-order valence-corrected chi connectivity index (χ4v) is 1.99. The average molecular weight is 323 g/mol. The van der Waals surface area contributed by atoms with Crippen molar-refractivity contribution in [2.75, 3.05) is 5.32 Å². The van der Waals surface area contributed by atoms with Gasteiger partial charge in [0.1, 0.15) is 0 Å². The molecule has 0 amide bonds. The summed E-state index contributed by atoms with van der Waals surface area (Å²) < 4.78 is 0.454. The Kier molecular flexibility index (Phi) is 4.06. The zero-order valence-electron chi connectivity index (χ0n) is 10.1. The minimum atomic E-state index is -0.428. The van der Waals surface area contributed by atoms with Gasteiger partial charge < -0.3 is 5.32 Å². The van der Waals surface area contributed by atoms with Gasteiger partial charge in [-0.05, 0) is 35.0 Å². The Morgan fingerprint density at radius 3 is 2.84 bits per heavy atom. The minimum Gasteiger partial charge on any atom is -0.377 e. The molecular formula is C12H11BrN4O2. The summed E-state index contributed by atoms with van der Waals surface area (Å²) in [7, 11) is 0. The summed E-state index contributed by atoms with van der Waals surface area (Å²) in [6, 6.07) is 4.81. The molecule has 0 aliphatic heterocycles. The van der Waals surface area contributed by atoms with Crippen LogP contribution >= 0.6 is 15.9 Å². The van der Waals surface area contributed by atoms with Gasteiger partial charge in [-0.1, -0.05) is 0 Å². The number of nitro groups is 1. The van der Waals surface area contributed by atoms with Crippen molar-refractivity contribution in [3.05, 3.63) is 57.1 Å². The van der Waals surface area contributed by atoms with Gasteiger partial charge in [0.2, 0.25) is 0 Å². The molecule has 19 heavy (non-hydrogen) atoms. The number of nitro benzene ring substituents is 1. The van der Waals surface area contributed by atoms with Gasteiger partial charge in [-0.25, -0.2) is 0 Å². The van der Waals surface area contributed by atoms with E-state index in [2.05, 4.69) is 31.2 Å². The van der Waals surface area contributed by atoms with Crippen molar-refractivity contribution >= 4 is 27.3 Å². The molecule has 1 atom stereocenters. The highest BCUT2D eigenvalue weighted by Gasteiger charge is 2.14. The maximum absolute atomic E-state index is 10.9. The predicted octanol–water partition coefficient (Wildman–Crippen LogP) is 3.32. The number of rotatable bonds is 4. The monoisotopic (exact) mass is 322 g/mol. The fraction of sp³-hybridized carbons (Fsp3) is 0.167. The summed E-state index contributed by atoms with van der Waals surface area (Å²) in [5.74, 6) is 0. The van der Waals surface area contributed by atoms with Crippen LogP contribution in [0.1, 0.15) is 18.7 Å². The van der Waals surface area contributed by atoms with E-state index in [9.17, 15) is 10.1 Å². The molecule has 1 aromatic heterocycles. The third kappa shape index (κ3) is 3.25. The van der Waals surface area contributed by atoms with Gasteiger partial charge in [-0.3, -0.25) is 20.1 Å². The molecule has 0 aliphatic rings. The van der Waals surface area contributed by atoms with E-state index in [-0.39, 0.29) is 11.7 Å². The first kappa shape index (κ1) is 13.4. The molecule has 1 aromatic carbocycles. The van der Waals surface area contributed by atoms with Crippen LogP contribution in [0.5, 0.6) is 0 Å². The summed E-state index contributed by atoms with van der Waals surface area (Å²) in [5, 5.41) is 14.0. The Bertz CT molecular complexity index is 592. The van der Waals surface area contributed by atoms with Crippen LogP contribution in [0.4, 0.5) is 11.4 Å². The Morgan fingerprint density at radius 1 is 1.42 bits per heavy atom. The summed E-state index contributed by atoms with van der Waals surface area (Å²) in [6.07, 6.45) is 4.86. The number of hydrogen-bond donors (Lipinski definition) is 1. The van der Waals surface area contributed by atoms with Gasteiger partial charge in [-0.15, -0.1) is 0 Å². The van der Waals surface area contributed by atoms with Gasteiger partial charge in [0.15, 0.2) is 0 Å². The average Bonchev–Trinajstić information content (AvgIpc) is 2.41. The number of nitrogens with zero attached hydrogens (tertiary/aromatic N) is 3. The first-order chi connectivity index (χ1) is 9.08. The largest absolute Gasteiger partial charge is 0.377 e. The Hall–Kier alpha value is -2.02. The molecule has 98 valence electrons. The van der Waals surface area contributed by atoms with Crippen LogP contribution in [0.25, 0.3) is 0 Å². The quantitative estimate of drug-likeness (QED) is 0.689. The van der Waals surface area contributed by atoms with Gasteiger partial charge >= 0.3 is 0 Å². The van der Waals surface area contributed by atoms with Gasteiger partial charge in [0.05, 0.1) is 27.3 Å². The highest BCUT2D eigenvalue weighted by molar-refractivity contribution is 9.10. The molecule has 2 rings (SSSR count). The second-order valence-corrected chi connectivity index (χ2v) is 4.77. The van der Waals surface area contributed by atoms with Crippen LogP contribution in [0.2, 0.25) is 0 Å². The third-order valence-corrected chi connectivity index (χ3v) is 3.22. The topological polar surface area (TPSA) is 81.0 Å². The van der Waals surface area contributed by atoms with Crippen molar-refractivity contribution in [2.45, 2.75) is 13.0 Å². The normalized spacial score (nSPS) is 11.9. The molecule has 1 unspecified atom stereocenters. The molecular weight excluding hydrogens is 312 g/mol. The first-order valence-corrected chi connectivity index (χ1v) is 6.33. The van der Waals surface area contributed by atoms with E-state index in [4.69, 9.17) is 0 Å². The molecule has 0 saturated heterocycles. The minimum absolute atomic E-state index is 0.0244. The number of hydrogen-bond acceptors (Lipinski definition) is 5. The number of nitrogens with one attached hydrogen (secondary N) is 1. The molecule has 0 saturated carbocycles. The zero-order chi connectivity index (χ0) is 13.8. The second-order valence-electron chi connectivity index (χ2n) is 3.92. The Morgan fingerprint density at radius 2 is 2.21 bits per heavy atom. The molecule has 0 fully saturated rings. The van der Waals surface area contributed by atoms with Crippen molar-refractivity contribution in [1.82, 2.24) is 9.97 Å². The molecule has 2 aromatic rings. The summed E-state index contributed by atoms with van der Waals surface area (Å²) in [6.45, 7) is 1.91. The zero-order valence-corrected chi connectivity index (χ0v) is 11.7. The molecule has 0 bridgehead atoms. The third-order valence-electron chi connectivity index (χ3n) is 2.55. The first-order valence-electron chi connectivity index (χ1n) is 5.54. The van der Waals surface area contributed by atoms with Gasteiger partial charge in [0.25, 0.3) is 5.69 Å². The molecule has 1 N–H and O–H groups in total. The van der Waals surface area contributed by atoms with Crippen LogP contribution in [-0.2, 0) is 0 Å². The number of anilines is 1. The lowest BCUT2D eigenvalue weighted by Gasteiger charge is -2.14. The lowest BCUT2D eigenvalue weighted by molar-refractivity contribution is -0.385. The van der Waals surface area contributed by atoms with E-state index < -0.39 is 4.92 Å². The molecule has 0 aliphatic carbocycles. The number of benzene rings is 1. The Labute approximate surface area is 118 Å². The SMILES string of the molecule is CC(Nc1ccc(Br)c([N+](=O)[O-])c1)c1cnccn1. The van der Waals surface area contributed by atoms with E-state index in [1.54, 1.807) is 30.7 Å². The van der Waals surface area contributed by atoms with E-state index in [1.165, 1.54) is 6.07 Å². The predicted molar refractivity (Wildman–Crippen MR) is 74.9 cm³/mol. The Balaban J connectivity index is 2.20. The van der Waals surface area contributed by atoms with Crippen LogP contribution in [0.15, 0.2) is 41.3 Å². The fourth-order valence-electron chi connectivity index (χ4n) is 1.60. The smallest absolute Gasteiger partial charge is 0.285 e. The molecule has 1 heterocycles. The number of aromatic nitrogens is 2. The van der Waals surface area contributed by atoms with Crippen molar-refractivity contribution in [2.24, 2.45) is 0 Å². The van der Waals surface area contributed by atoms with Crippen LogP contribution < -0.4 is 5.32 Å². The van der Waals surface area contributed by atoms with E-state index in [1.807, 2.05) is 6.92 Å².